The van der Waals surface area contributed by atoms with E-state index in [4.69, 9.17) is 5.73 Å². The third-order valence-electron chi connectivity index (χ3n) is 4.70. The number of rotatable bonds is 3. The molecule has 0 bridgehead atoms. The number of carbonyl (C=O) groups excluding carboxylic acids is 2. The highest BCUT2D eigenvalue weighted by atomic mass is 16.2. The summed E-state index contributed by atoms with van der Waals surface area (Å²) < 4.78 is 2.07. The first-order chi connectivity index (χ1) is 11.5. The fourth-order valence-electron chi connectivity index (χ4n) is 3.23. The minimum atomic E-state index is -0.363. The van der Waals surface area contributed by atoms with Gasteiger partial charge in [0.1, 0.15) is 5.82 Å². The number of aryl methyl sites for hydroxylation is 1. The largest absolute Gasteiger partial charge is 0.369 e. The van der Waals surface area contributed by atoms with Crippen molar-refractivity contribution in [2.75, 3.05) is 26.2 Å². The van der Waals surface area contributed by atoms with Crippen LogP contribution in [0.1, 0.15) is 12.7 Å². The van der Waals surface area contributed by atoms with Crippen molar-refractivity contribution < 1.29 is 9.59 Å². The van der Waals surface area contributed by atoms with Crippen molar-refractivity contribution in [1.82, 2.24) is 19.4 Å². The van der Waals surface area contributed by atoms with Crippen LogP contribution in [0.15, 0.2) is 24.3 Å². The number of imidazole rings is 1. The second-order valence-electron chi connectivity index (χ2n) is 6.38. The Bertz CT molecular complexity index is 769. The third kappa shape index (κ3) is 3.26. The maximum Gasteiger partial charge on any atom is 0.223 e. The molecule has 2 aromatic rings. The summed E-state index contributed by atoms with van der Waals surface area (Å²) in [7, 11) is 2.00. The standard InChI is InChI=1S/C17H23N5O2/c1-12(23)22-8-7-21(9-13(10-22)17(18)24)11-16-19-14-5-3-4-6-15(14)20(16)2/h3-6,13H,7-11H2,1-2H3,(H2,18,24)/t13-/m1/s1. The minimum Gasteiger partial charge on any atom is -0.369 e. The predicted molar refractivity (Wildman–Crippen MR) is 90.9 cm³/mol. The second kappa shape index (κ2) is 6.60. The normalized spacial score (nSPS) is 19.4. The van der Waals surface area contributed by atoms with E-state index >= 15 is 0 Å². The number of para-hydroxylation sites is 2. The number of nitrogens with two attached hydrogens (primary N) is 1. The van der Waals surface area contributed by atoms with E-state index in [0.29, 0.717) is 32.7 Å². The molecule has 7 heteroatoms. The summed E-state index contributed by atoms with van der Waals surface area (Å²) in [6.45, 7) is 4.39. The van der Waals surface area contributed by atoms with Crippen molar-refractivity contribution in [2.24, 2.45) is 18.7 Å². The number of primary amides is 1. The zero-order valence-corrected chi connectivity index (χ0v) is 14.1. The quantitative estimate of drug-likeness (QED) is 0.880. The smallest absolute Gasteiger partial charge is 0.223 e. The summed E-state index contributed by atoms with van der Waals surface area (Å²) in [5, 5.41) is 0. The number of benzene rings is 1. The SMILES string of the molecule is CC(=O)N1CCN(Cc2nc3ccccc3n2C)C[C@@H](C(N)=O)C1. The fraction of sp³-hybridized carbons (Fsp3) is 0.471. The summed E-state index contributed by atoms with van der Waals surface area (Å²) in [6.07, 6.45) is 0. The Labute approximate surface area is 141 Å². The molecule has 0 saturated carbocycles. The van der Waals surface area contributed by atoms with Gasteiger partial charge in [-0.1, -0.05) is 12.1 Å². The highest BCUT2D eigenvalue weighted by Crippen LogP contribution is 2.17. The summed E-state index contributed by atoms with van der Waals surface area (Å²) in [4.78, 5) is 31.9. The molecule has 0 aliphatic carbocycles. The Morgan fingerprint density at radius 3 is 2.67 bits per heavy atom. The van der Waals surface area contributed by atoms with Crippen LogP contribution in [0.4, 0.5) is 0 Å². The first kappa shape index (κ1) is 16.4. The first-order valence-electron chi connectivity index (χ1n) is 8.13. The van der Waals surface area contributed by atoms with Crippen molar-refractivity contribution in [3.05, 3.63) is 30.1 Å². The van der Waals surface area contributed by atoms with Gasteiger partial charge in [0.25, 0.3) is 0 Å². The van der Waals surface area contributed by atoms with Gasteiger partial charge in [-0.15, -0.1) is 0 Å². The van der Waals surface area contributed by atoms with Crippen molar-refractivity contribution in [2.45, 2.75) is 13.5 Å². The maximum absolute atomic E-state index is 11.7. The lowest BCUT2D eigenvalue weighted by molar-refractivity contribution is -0.130. The van der Waals surface area contributed by atoms with Crippen LogP contribution in [0.5, 0.6) is 0 Å². The summed E-state index contributed by atoms with van der Waals surface area (Å²) in [5.74, 6) is 0.200. The van der Waals surface area contributed by atoms with Crippen molar-refractivity contribution >= 4 is 22.8 Å². The summed E-state index contributed by atoms with van der Waals surface area (Å²) in [6, 6.07) is 8.00. The molecule has 2 heterocycles. The summed E-state index contributed by atoms with van der Waals surface area (Å²) in [5.41, 5.74) is 7.56. The van der Waals surface area contributed by atoms with Gasteiger partial charge in [0, 0.05) is 40.2 Å². The van der Waals surface area contributed by atoms with E-state index in [1.165, 1.54) is 6.92 Å². The van der Waals surface area contributed by atoms with Crippen LogP contribution < -0.4 is 5.73 Å². The molecule has 1 aromatic heterocycles. The van der Waals surface area contributed by atoms with Crippen molar-refractivity contribution in [3.8, 4) is 0 Å². The van der Waals surface area contributed by atoms with Crippen LogP contribution >= 0.6 is 0 Å². The van der Waals surface area contributed by atoms with Gasteiger partial charge >= 0.3 is 0 Å². The van der Waals surface area contributed by atoms with Gasteiger partial charge in [0.2, 0.25) is 11.8 Å². The molecule has 0 radical (unpaired) electrons. The van der Waals surface area contributed by atoms with Crippen LogP contribution in [0.2, 0.25) is 0 Å². The van der Waals surface area contributed by atoms with Gasteiger partial charge < -0.3 is 15.2 Å². The van der Waals surface area contributed by atoms with Gasteiger partial charge in [0.05, 0.1) is 23.5 Å². The number of hydrogen-bond donors (Lipinski definition) is 1. The molecule has 0 unspecified atom stereocenters. The zero-order chi connectivity index (χ0) is 17.3. The monoisotopic (exact) mass is 329 g/mol. The first-order valence-corrected chi connectivity index (χ1v) is 8.13. The zero-order valence-electron chi connectivity index (χ0n) is 14.1. The van der Waals surface area contributed by atoms with Gasteiger partial charge in [0.15, 0.2) is 0 Å². The van der Waals surface area contributed by atoms with E-state index in [1.807, 2.05) is 31.3 Å². The molecular formula is C17H23N5O2. The molecule has 1 atom stereocenters. The van der Waals surface area contributed by atoms with E-state index < -0.39 is 0 Å². The Kier molecular flexibility index (Phi) is 4.53. The third-order valence-corrected chi connectivity index (χ3v) is 4.70. The Morgan fingerprint density at radius 1 is 1.25 bits per heavy atom. The molecule has 3 rings (SSSR count). The molecule has 1 aromatic carbocycles. The Balaban J connectivity index is 1.81. The number of amides is 2. The molecule has 2 amide bonds. The average Bonchev–Trinajstić information content (AvgIpc) is 2.72. The van der Waals surface area contributed by atoms with E-state index in [-0.39, 0.29) is 17.7 Å². The molecule has 1 aliphatic heterocycles. The maximum atomic E-state index is 11.7. The molecule has 1 saturated heterocycles. The molecule has 1 aliphatic rings. The number of carbonyl (C=O) groups is 2. The van der Waals surface area contributed by atoms with Gasteiger partial charge in [-0.2, -0.15) is 0 Å². The molecule has 2 N–H and O–H groups in total. The van der Waals surface area contributed by atoms with E-state index in [2.05, 4.69) is 14.5 Å². The molecule has 7 nitrogen and oxygen atoms in total. The topological polar surface area (TPSA) is 84.5 Å². The summed E-state index contributed by atoms with van der Waals surface area (Å²) >= 11 is 0. The molecular weight excluding hydrogens is 306 g/mol. The fourth-order valence-corrected chi connectivity index (χ4v) is 3.23. The van der Waals surface area contributed by atoms with Crippen LogP contribution in [-0.2, 0) is 23.2 Å². The number of fused-ring (bicyclic) bond motifs is 1. The van der Waals surface area contributed by atoms with E-state index in [0.717, 1.165) is 16.9 Å². The van der Waals surface area contributed by atoms with Gasteiger partial charge in [-0.3, -0.25) is 14.5 Å². The van der Waals surface area contributed by atoms with Crippen LogP contribution in [0, 0.1) is 5.92 Å². The second-order valence-corrected chi connectivity index (χ2v) is 6.38. The van der Waals surface area contributed by atoms with Crippen molar-refractivity contribution in [3.63, 3.8) is 0 Å². The number of nitrogens with zero attached hydrogens (tertiary/aromatic N) is 4. The highest BCUT2D eigenvalue weighted by molar-refractivity contribution is 5.79. The minimum absolute atomic E-state index is 0.0224. The van der Waals surface area contributed by atoms with E-state index in [1.54, 1.807) is 4.90 Å². The van der Waals surface area contributed by atoms with E-state index in [9.17, 15) is 9.59 Å². The van der Waals surface area contributed by atoms with Crippen LogP contribution in [-0.4, -0.2) is 57.3 Å². The highest BCUT2D eigenvalue weighted by Gasteiger charge is 2.28. The lowest BCUT2D eigenvalue weighted by atomic mass is 10.1. The molecule has 24 heavy (non-hydrogen) atoms. The van der Waals surface area contributed by atoms with Crippen LogP contribution in [0.25, 0.3) is 11.0 Å². The Hall–Kier alpha value is -2.41. The lowest BCUT2D eigenvalue weighted by Gasteiger charge is -2.21. The lowest BCUT2D eigenvalue weighted by Crippen LogP contribution is -2.39. The van der Waals surface area contributed by atoms with Crippen molar-refractivity contribution in [1.29, 1.82) is 0 Å². The average molecular weight is 329 g/mol. The number of aromatic nitrogens is 2. The molecule has 128 valence electrons. The molecule has 0 spiro atoms. The predicted octanol–water partition coefficient (Wildman–Crippen LogP) is 0.339. The number of hydrogen-bond acceptors (Lipinski definition) is 4. The Morgan fingerprint density at radius 2 is 2.00 bits per heavy atom. The van der Waals surface area contributed by atoms with Gasteiger partial charge in [-0.25, -0.2) is 4.98 Å². The van der Waals surface area contributed by atoms with Gasteiger partial charge in [-0.05, 0) is 12.1 Å². The van der Waals surface area contributed by atoms with Crippen LogP contribution in [0.3, 0.4) is 0 Å². The molecule has 1 fully saturated rings.